The number of rotatable bonds is 5. The van der Waals surface area contributed by atoms with Crippen molar-refractivity contribution in [2.75, 3.05) is 33.2 Å². The van der Waals surface area contributed by atoms with Gasteiger partial charge in [0.2, 0.25) is 0 Å². The van der Waals surface area contributed by atoms with Gasteiger partial charge in [-0.25, -0.2) is 0 Å². The van der Waals surface area contributed by atoms with Gasteiger partial charge in [-0.1, -0.05) is 0 Å². The Morgan fingerprint density at radius 2 is 2.17 bits per heavy atom. The Kier molecular flexibility index (Phi) is 5.40. The van der Waals surface area contributed by atoms with Gasteiger partial charge in [-0.2, -0.15) is 13.2 Å². The van der Waals surface area contributed by atoms with Gasteiger partial charge in [-0.05, 0) is 39.4 Å². The van der Waals surface area contributed by atoms with Gasteiger partial charge < -0.3 is 15.5 Å². The molecule has 1 heterocycles. The van der Waals surface area contributed by atoms with Gasteiger partial charge >= 0.3 is 12.1 Å². The van der Waals surface area contributed by atoms with E-state index < -0.39 is 12.1 Å². The number of nitrogens with zero attached hydrogens (tertiary/aromatic N) is 2. The Morgan fingerprint density at radius 1 is 1.50 bits per heavy atom. The second-order valence-electron chi connectivity index (χ2n) is 4.70. The first-order chi connectivity index (χ1) is 8.36. The highest BCUT2D eigenvalue weighted by Crippen LogP contribution is 2.25. The van der Waals surface area contributed by atoms with Crippen LogP contribution in [0.4, 0.5) is 13.2 Å². The smallest absolute Gasteiger partial charge is 0.331 e. The lowest BCUT2D eigenvalue weighted by molar-refractivity contribution is -0.186. The third-order valence-electron chi connectivity index (χ3n) is 3.15. The molecule has 0 bridgehead atoms. The zero-order chi connectivity index (χ0) is 13.8. The lowest BCUT2D eigenvalue weighted by atomic mass is 10.2. The van der Waals surface area contributed by atoms with Crippen molar-refractivity contribution in [3.63, 3.8) is 0 Å². The molecule has 1 atom stereocenters. The van der Waals surface area contributed by atoms with Gasteiger partial charge in [0, 0.05) is 19.1 Å². The van der Waals surface area contributed by atoms with Crippen molar-refractivity contribution in [3.8, 4) is 0 Å². The van der Waals surface area contributed by atoms with Gasteiger partial charge in [-0.3, -0.25) is 4.79 Å². The van der Waals surface area contributed by atoms with Crippen molar-refractivity contribution < 1.29 is 18.0 Å². The van der Waals surface area contributed by atoms with Crippen LogP contribution >= 0.6 is 0 Å². The molecular formula is C11H20F3N3O. The average molecular weight is 267 g/mol. The molecule has 1 rings (SSSR count). The number of likely N-dealkylation sites (tertiary alicyclic amines) is 1. The van der Waals surface area contributed by atoms with Crippen molar-refractivity contribution in [1.82, 2.24) is 9.80 Å². The van der Waals surface area contributed by atoms with Crippen molar-refractivity contribution in [2.45, 2.75) is 31.5 Å². The second kappa shape index (κ2) is 6.38. The number of amides is 1. The SMILES string of the molecule is CN(CCCN)CC1CCCN1C(=O)C(F)(F)F. The standard InChI is InChI=1S/C11H20F3N3O/c1-16(6-3-5-15)8-9-4-2-7-17(9)10(18)11(12,13)14/h9H,2-8,15H2,1H3. The van der Waals surface area contributed by atoms with Gasteiger partial charge in [0.25, 0.3) is 0 Å². The highest BCUT2D eigenvalue weighted by Gasteiger charge is 2.45. The van der Waals surface area contributed by atoms with Crippen LogP contribution in [0, 0.1) is 0 Å². The molecule has 0 aromatic carbocycles. The summed E-state index contributed by atoms with van der Waals surface area (Å²) in [5.41, 5.74) is 5.38. The molecule has 1 aliphatic rings. The zero-order valence-electron chi connectivity index (χ0n) is 10.5. The first kappa shape index (κ1) is 15.2. The molecule has 0 radical (unpaired) electrons. The quantitative estimate of drug-likeness (QED) is 0.802. The Hall–Kier alpha value is -0.820. The lowest BCUT2D eigenvalue weighted by Crippen LogP contribution is -2.47. The molecule has 1 amide bonds. The third kappa shape index (κ3) is 4.13. The van der Waals surface area contributed by atoms with E-state index in [9.17, 15) is 18.0 Å². The minimum absolute atomic E-state index is 0.202. The highest BCUT2D eigenvalue weighted by molar-refractivity contribution is 5.82. The summed E-state index contributed by atoms with van der Waals surface area (Å²) >= 11 is 0. The molecule has 18 heavy (non-hydrogen) atoms. The molecule has 1 unspecified atom stereocenters. The van der Waals surface area contributed by atoms with Gasteiger partial charge in [0.15, 0.2) is 0 Å². The topological polar surface area (TPSA) is 49.6 Å². The van der Waals surface area contributed by atoms with Gasteiger partial charge in [-0.15, -0.1) is 0 Å². The number of nitrogens with two attached hydrogens (primary N) is 1. The second-order valence-corrected chi connectivity index (χ2v) is 4.70. The summed E-state index contributed by atoms with van der Waals surface area (Å²) in [7, 11) is 1.84. The summed E-state index contributed by atoms with van der Waals surface area (Å²) in [6, 6.07) is -0.332. The fourth-order valence-corrected chi connectivity index (χ4v) is 2.27. The summed E-state index contributed by atoms with van der Waals surface area (Å²) in [4.78, 5) is 14.1. The number of alkyl halides is 3. The van der Waals surface area contributed by atoms with E-state index in [0.29, 0.717) is 25.9 Å². The van der Waals surface area contributed by atoms with Gasteiger partial charge in [0.1, 0.15) is 0 Å². The summed E-state index contributed by atoms with van der Waals surface area (Å²) in [6.45, 7) is 1.97. The molecule has 106 valence electrons. The number of hydrogen-bond acceptors (Lipinski definition) is 3. The first-order valence-electron chi connectivity index (χ1n) is 6.12. The molecule has 4 nitrogen and oxygen atoms in total. The fraction of sp³-hybridized carbons (Fsp3) is 0.909. The minimum Gasteiger partial charge on any atom is -0.331 e. The lowest BCUT2D eigenvalue weighted by Gasteiger charge is -2.29. The maximum atomic E-state index is 12.4. The molecule has 0 aromatic heterocycles. The number of likely N-dealkylation sites (N-methyl/N-ethyl adjacent to an activating group) is 1. The number of carbonyl (C=O) groups is 1. The molecule has 1 aliphatic heterocycles. The molecule has 0 spiro atoms. The van der Waals surface area contributed by atoms with Crippen molar-refractivity contribution in [1.29, 1.82) is 0 Å². The predicted molar refractivity (Wildman–Crippen MR) is 62.0 cm³/mol. The summed E-state index contributed by atoms with van der Waals surface area (Å²) in [5, 5.41) is 0. The Morgan fingerprint density at radius 3 is 2.72 bits per heavy atom. The van der Waals surface area contributed by atoms with E-state index >= 15 is 0 Å². The van der Waals surface area contributed by atoms with Crippen LogP contribution < -0.4 is 5.73 Å². The molecule has 0 aliphatic carbocycles. The Balaban J connectivity index is 2.52. The highest BCUT2D eigenvalue weighted by atomic mass is 19.4. The van der Waals surface area contributed by atoms with E-state index in [2.05, 4.69) is 0 Å². The maximum absolute atomic E-state index is 12.4. The summed E-state index contributed by atoms with van der Waals surface area (Å²) in [5.74, 6) is -1.71. The predicted octanol–water partition coefficient (Wildman–Crippen LogP) is 0.820. The van der Waals surface area contributed by atoms with Crippen LogP contribution in [0.3, 0.4) is 0 Å². The average Bonchev–Trinajstić information content (AvgIpc) is 2.72. The largest absolute Gasteiger partial charge is 0.471 e. The van der Waals surface area contributed by atoms with Crippen molar-refractivity contribution >= 4 is 5.91 Å². The summed E-state index contributed by atoms with van der Waals surface area (Å²) in [6.07, 6.45) is -2.69. The first-order valence-corrected chi connectivity index (χ1v) is 6.12. The molecule has 7 heteroatoms. The monoisotopic (exact) mass is 267 g/mol. The number of carbonyl (C=O) groups excluding carboxylic acids is 1. The summed E-state index contributed by atoms with van der Waals surface area (Å²) < 4.78 is 37.2. The van der Waals surface area contributed by atoms with E-state index in [1.165, 1.54) is 0 Å². The van der Waals surface area contributed by atoms with Crippen LogP contribution in [0.25, 0.3) is 0 Å². The zero-order valence-corrected chi connectivity index (χ0v) is 10.5. The molecule has 0 aromatic rings. The van der Waals surface area contributed by atoms with Crippen LogP contribution in [0.15, 0.2) is 0 Å². The maximum Gasteiger partial charge on any atom is 0.471 e. The molecule has 1 saturated heterocycles. The molecule has 0 saturated carbocycles. The molecule has 1 fully saturated rings. The van der Waals surface area contributed by atoms with Crippen LogP contribution in [0.2, 0.25) is 0 Å². The number of hydrogen-bond donors (Lipinski definition) is 1. The van der Waals surface area contributed by atoms with Crippen LogP contribution in [-0.4, -0.2) is 61.2 Å². The normalized spacial score (nSPS) is 20.8. The van der Waals surface area contributed by atoms with E-state index in [-0.39, 0.29) is 12.6 Å². The molecule has 2 N–H and O–H groups in total. The number of halogens is 3. The van der Waals surface area contributed by atoms with E-state index in [4.69, 9.17) is 5.73 Å². The molecular weight excluding hydrogens is 247 g/mol. The van der Waals surface area contributed by atoms with Crippen molar-refractivity contribution in [2.24, 2.45) is 5.73 Å². The van der Waals surface area contributed by atoms with E-state index in [1.54, 1.807) is 0 Å². The Bertz CT molecular complexity index is 283. The van der Waals surface area contributed by atoms with E-state index in [1.807, 2.05) is 11.9 Å². The van der Waals surface area contributed by atoms with Crippen LogP contribution in [0.1, 0.15) is 19.3 Å². The minimum atomic E-state index is -4.77. The van der Waals surface area contributed by atoms with E-state index in [0.717, 1.165) is 17.9 Å². The van der Waals surface area contributed by atoms with Crippen LogP contribution in [0.5, 0.6) is 0 Å². The Labute approximate surface area is 105 Å². The van der Waals surface area contributed by atoms with Gasteiger partial charge in [0.05, 0.1) is 0 Å². The van der Waals surface area contributed by atoms with Crippen molar-refractivity contribution in [3.05, 3.63) is 0 Å². The third-order valence-corrected chi connectivity index (χ3v) is 3.15. The van der Waals surface area contributed by atoms with Crippen LogP contribution in [-0.2, 0) is 4.79 Å². The fourth-order valence-electron chi connectivity index (χ4n) is 2.27.